The number of carboxylic acids is 1. The van der Waals surface area contributed by atoms with Gasteiger partial charge in [-0.15, -0.1) is 11.3 Å². The van der Waals surface area contributed by atoms with Crippen LogP contribution < -0.4 is 0 Å². The summed E-state index contributed by atoms with van der Waals surface area (Å²) in [6, 6.07) is 6.04. The Kier molecular flexibility index (Phi) is 4.00. The van der Waals surface area contributed by atoms with Crippen molar-refractivity contribution in [1.29, 1.82) is 0 Å². The highest BCUT2D eigenvalue weighted by Gasteiger charge is 2.18. The molecule has 2 rings (SSSR count). The first-order valence-corrected chi connectivity index (χ1v) is 7.15. The van der Waals surface area contributed by atoms with E-state index in [1.54, 1.807) is 0 Å². The summed E-state index contributed by atoms with van der Waals surface area (Å²) < 4.78 is 0. The van der Waals surface area contributed by atoms with Crippen LogP contribution in [0.3, 0.4) is 0 Å². The molecule has 0 saturated carbocycles. The zero-order valence-corrected chi connectivity index (χ0v) is 12.2. The molecule has 0 aliphatic heterocycles. The Morgan fingerprint density at radius 2 is 2.11 bits per heavy atom. The van der Waals surface area contributed by atoms with Crippen LogP contribution in [0.4, 0.5) is 0 Å². The van der Waals surface area contributed by atoms with E-state index in [4.69, 9.17) is 0 Å². The molecule has 0 saturated heterocycles. The third kappa shape index (κ3) is 2.68. The number of carbonyl (C=O) groups is 1. The van der Waals surface area contributed by atoms with Gasteiger partial charge in [-0.05, 0) is 31.4 Å². The molecule has 0 spiro atoms. The molecule has 0 amide bonds. The fourth-order valence-corrected chi connectivity index (χ4v) is 3.06. The van der Waals surface area contributed by atoms with Crippen molar-refractivity contribution in [3.63, 3.8) is 0 Å². The molecule has 2 aromatic rings. The lowest BCUT2D eigenvalue weighted by Crippen LogP contribution is -1.98. The van der Waals surface area contributed by atoms with E-state index >= 15 is 0 Å². The second-order valence-electron chi connectivity index (χ2n) is 4.60. The minimum atomic E-state index is -0.877. The van der Waals surface area contributed by atoms with Gasteiger partial charge in [-0.1, -0.05) is 31.5 Å². The average molecular weight is 275 g/mol. The second kappa shape index (κ2) is 5.53. The van der Waals surface area contributed by atoms with Crippen molar-refractivity contribution in [2.24, 2.45) is 0 Å². The SMILES string of the molecule is CCCc1nc(-c2cccc(C)c2C)sc1C(=O)O. The number of thiazole rings is 1. The fraction of sp³-hybridized carbons (Fsp3) is 0.333. The third-order valence-corrected chi connectivity index (χ3v) is 4.33. The smallest absolute Gasteiger partial charge is 0.347 e. The van der Waals surface area contributed by atoms with Gasteiger partial charge >= 0.3 is 5.97 Å². The summed E-state index contributed by atoms with van der Waals surface area (Å²) >= 11 is 1.27. The average Bonchev–Trinajstić information content (AvgIpc) is 2.77. The Balaban J connectivity index is 2.54. The molecule has 0 unspecified atom stereocenters. The minimum absolute atomic E-state index is 0.373. The monoisotopic (exact) mass is 275 g/mol. The highest BCUT2D eigenvalue weighted by Crippen LogP contribution is 2.32. The molecule has 0 fully saturated rings. The van der Waals surface area contributed by atoms with Gasteiger partial charge in [0.1, 0.15) is 9.88 Å². The molecule has 0 radical (unpaired) electrons. The lowest BCUT2D eigenvalue weighted by Gasteiger charge is -2.04. The van der Waals surface area contributed by atoms with Gasteiger partial charge in [-0.2, -0.15) is 0 Å². The molecule has 1 heterocycles. The van der Waals surface area contributed by atoms with Gasteiger partial charge in [0.25, 0.3) is 0 Å². The number of carboxylic acid groups (broad SMARTS) is 1. The van der Waals surface area contributed by atoms with Crippen molar-refractivity contribution in [2.45, 2.75) is 33.6 Å². The van der Waals surface area contributed by atoms with Crippen LogP contribution >= 0.6 is 11.3 Å². The van der Waals surface area contributed by atoms with E-state index in [9.17, 15) is 9.90 Å². The van der Waals surface area contributed by atoms with Crippen molar-refractivity contribution >= 4 is 17.3 Å². The summed E-state index contributed by atoms with van der Waals surface area (Å²) in [5, 5.41) is 10.1. The topological polar surface area (TPSA) is 50.2 Å². The summed E-state index contributed by atoms with van der Waals surface area (Å²) in [7, 11) is 0. The molecule has 1 aromatic carbocycles. The number of aromatic nitrogens is 1. The number of nitrogens with zero attached hydrogens (tertiary/aromatic N) is 1. The van der Waals surface area contributed by atoms with Gasteiger partial charge < -0.3 is 5.11 Å². The molecule has 0 aliphatic carbocycles. The number of aromatic carboxylic acids is 1. The summed E-state index contributed by atoms with van der Waals surface area (Å²) in [5.74, 6) is -0.877. The number of benzene rings is 1. The van der Waals surface area contributed by atoms with Gasteiger partial charge in [-0.3, -0.25) is 0 Å². The number of hydrogen-bond acceptors (Lipinski definition) is 3. The zero-order chi connectivity index (χ0) is 14.0. The molecule has 0 aliphatic rings. The molecule has 1 aromatic heterocycles. The first-order valence-electron chi connectivity index (χ1n) is 6.34. The minimum Gasteiger partial charge on any atom is -0.477 e. The standard InChI is InChI=1S/C15H17NO2S/c1-4-6-12-13(15(17)18)19-14(16-12)11-8-5-7-9(2)10(11)3/h5,7-8H,4,6H2,1-3H3,(H,17,18). The van der Waals surface area contributed by atoms with Crippen molar-refractivity contribution in [1.82, 2.24) is 4.98 Å². The Morgan fingerprint density at radius 3 is 2.74 bits per heavy atom. The van der Waals surface area contributed by atoms with Crippen LogP contribution in [0.1, 0.15) is 39.8 Å². The predicted molar refractivity (Wildman–Crippen MR) is 78.0 cm³/mol. The zero-order valence-electron chi connectivity index (χ0n) is 11.4. The maximum absolute atomic E-state index is 11.3. The summed E-state index contributed by atoms with van der Waals surface area (Å²) in [5.41, 5.74) is 4.10. The predicted octanol–water partition coefficient (Wildman–Crippen LogP) is 4.08. The first kappa shape index (κ1) is 13.7. The van der Waals surface area contributed by atoms with Gasteiger partial charge in [0.2, 0.25) is 0 Å². The summed E-state index contributed by atoms with van der Waals surface area (Å²) in [6.45, 7) is 6.13. The van der Waals surface area contributed by atoms with Crippen molar-refractivity contribution in [3.8, 4) is 10.6 Å². The van der Waals surface area contributed by atoms with Gasteiger partial charge in [0.05, 0.1) is 5.69 Å². The molecule has 100 valence electrons. The van der Waals surface area contributed by atoms with E-state index in [2.05, 4.69) is 18.0 Å². The maximum Gasteiger partial charge on any atom is 0.347 e. The van der Waals surface area contributed by atoms with E-state index in [1.807, 2.05) is 26.0 Å². The van der Waals surface area contributed by atoms with Gasteiger partial charge in [0, 0.05) is 5.56 Å². The second-order valence-corrected chi connectivity index (χ2v) is 5.60. The summed E-state index contributed by atoms with van der Waals surface area (Å²) in [6.07, 6.45) is 1.61. The van der Waals surface area contributed by atoms with Gasteiger partial charge in [0.15, 0.2) is 0 Å². The molecule has 1 N–H and O–H groups in total. The van der Waals surface area contributed by atoms with Crippen LogP contribution in [0.25, 0.3) is 10.6 Å². The van der Waals surface area contributed by atoms with Crippen molar-refractivity contribution < 1.29 is 9.90 Å². The molecular formula is C15H17NO2S. The van der Waals surface area contributed by atoms with E-state index in [1.165, 1.54) is 16.9 Å². The Morgan fingerprint density at radius 1 is 1.37 bits per heavy atom. The number of hydrogen-bond donors (Lipinski definition) is 1. The Labute approximate surface area is 116 Å². The first-order chi connectivity index (χ1) is 9.04. The Bertz CT molecular complexity index is 617. The van der Waals surface area contributed by atoms with Crippen molar-refractivity contribution in [3.05, 3.63) is 39.9 Å². The van der Waals surface area contributed by atoms with Gasteiger partial charge in [-0.25, -0.2) is 9.78 Å². The van der Waals surface area contributed by atoms with Crippen LogP contribution in [0.5, 0.6) is 0 Å². The lowest BCUT2D eigenvalue weighted by molar-refractivity contribution is 0.0700. The largest absolute Gasteiger partial charge is 0.477 e. The number of aryl methyl sites for hydroxylation is 2. The van der Waals surface area contributed by atoms with E-state index < -0.39 is 5.97 Å². The van der Waals surface area contributed by atoms with E-state index in [-0.39, 0.29) is 0 Å². The van der Waals surface area contributed by atoms with Crippen LogP contribution in [-0.2, 0) is 6.42 Å². The van der Waals surface area contributed by atoms with Crippen LogP contribution in [0.15, 0.2) is 18.2 Å². The third-order valence-electron chi connectivity index (χ3n) is 3.21. The van der Waals surface area contributed by atoms with Crippen LogP contribution in [0, 0.1) is 13.8 Å². The molecule has 19 heavy (non-hydrogen) atoms. The highest BCUT2D eigenvalue weighted by molar-refractivity contribution is 7.17. The van der Waals surface area contributed by atoms with E-state index in [0.717, 1.165) is 22.6 Å². The van der Waals surface area contributed by atoms with E-state index in [0.29, 0.717) is 17.0 Å². The van der Waals surface area contributed by atoms with Crippen LogP contribution in [-0.4, -0.2) is 16.1 Å². The number of rotatable bonds is 4. The quantitative estimate of drug-likeness (QED) is 0.914. The lowest BCUT2D eigenvalue weighted by atomic mass is 10.0. The fourth-order valence-electron chi connectivity index (χ4n) is 2.02. The molecular weight excluding hydrogens is 258 g/mol. The van der Waals surface area contributed by atoms with Crippen LogP contribution in [0.2, 0.25) is 0 Å². The molecule has 4 heteroatoms. The normalized spacial score (nSPS) is 10.7. The molecule has 0 bridgehead atoms. The maximum atomic E-state index is 11.3. The molecule has 3 nitrogen and oxygen atoms in total. The van der Waals surface area contributed by atoms with Crippen molar-refractivity contribution in [2.75, 3.05) is 0 Å². The summed E-state index contributed by atoms with van der Waals surface area (Å²) in [4.78, 5) is 16.2. The Hall–Kier alpha value is -1.68. The highest BCUT2D eigenvalue weighted by atomic mass is 32.1. The molecule has 0 atom stereocenters.